The molecule has 37 heavy (non-hydrogen) atoms. The van der Waals surface area contributed by atoms with Crippen molar-refractivity contribution in [1.29, 1.82) is 0 Å². The minimum atomic E-state index is -1.57. The van der Waals surface area contributed by atoms with Crippen LogP contribution in [0, 0.1) is 17.6 Å². The Balaban J connectivity index is 1.52. The van der Waals surface area contributed by atoms with Crippen LogP contribution in [0.25, 0.3) is 10.9 Å². The largest absolute Gasteiger partial charge is 0.388 e. The minimum absolute atomic E-state index is 0.00762. The Morgan fingerprint density at radius 1 is 1.14 bits per heavy atom. The van der Waals surface area contributed by atoms with Crippen molar-refractivity contribution in [1.82, 2.24) is 14.8 Å². The Morgan fingerprint density at radius 3 is 2.46 bits per heavy atom. The molecular weight excluding hydrogens is 482 g/mol. The molecule has 1 saturated heterocycles. The number of aromatic amines is 1. The van der Waals surface area contributed by atoms with E-state index in [9.17, 15) is 13.9 Å². The SMILES string of the molecule is C[C@@H]1Cc2c([nH]c3ccccc23)C(c2c(F)cc(C(O)C3CN(CCCF)C3)cc2F)N1CC(C)(C)F. The molecule has 0 radical (unpaired) electrons. The summed E-state index contributed by atoms with van der Waals surface area (Å²) >= 11 is 0. The third kappa shape index (κ3) is 5.03. The Labute approximate surface area is 215 Å². The number of fused-ring (bicyclic) bond motifs is 3. The van der Waals surface area contributed by atoms with Gasteiger partial charge in [-0.15, -0.1) is 0 Å². The topological polar surface area (TPSA) is 42.5 Å². The molecule has 8 heteroatoms. The van der Waals surface area contributed by atoms with Crippen molar-refractivity contribution in [3.63, 3.8) is 0 Å². The number of H-pyrrole nitrogens is 1. The van der Waals surface area contributed by atoms with E-state index >= 15 is 8.78 Å². The zero-order valence-electron chi connectivity index (χ0n) is 21.6. The van der Waals surface area contributed by atoms with Crippen molar-refractivity contribution in [2.45, 2.75) is 57.5 Å². The molecule has 200 valence electrons. The summed E-state index contributed by atoms with van der Waals surface area (Å²) in [5.74, 6) is -1.68. The molecule has 1 aromatic heterocycles. The minimum Gasteiger partial charge on any atom is -0.388 e. The van der Waals surface area contributed by atoms with Crippen LogP contribution in [0.1, 0.15) is 61.7 Å². The van der Waals surface area contributed by atoms with Crippen LogP contribution >= 0.6 is 0 Å². The van der Waals surface area contributed by atoms with Crippen molar-refractivity contribution < 1.29 is 22.7 Å². The van der Waals surface area contributed by atoms with Crippen LogP contribution in [-0.4, -0.2) is 64.5 Å². The smallest absolute Gasteiger partial charge is 0.131 e. The van der Waals surface area contributed by atoms with Crippen molar-refractivity contribution in [3.8, 4) is 0 Å². The van der Waals surface area contributed by atoms with Crippen molar-refractivity contribution in [3.05, 3.63) is 70.4 Å². The first kappa shape index (κ1) is 26.2. The molecule has 0 spiro atoms. The zero-order valence-corrected chi connectivity index (χ0v) is 21.6. The van der Waals surface area contributed by atoms with Crippen LogP contribution in [0.4, 0.5) is 17.6 Å². The quantitative estimate of drug-likeness (QED) is 0.368. The highest BCUT2D eigenvalue weighted by molar-refractivity contribution is 5.85. The van der Waals surface area contributed by atoms with Crippen LogP contribution in [-0.2, 0) is 6.42 Å². The monoisotopic (exact) mass is 517 g/mol. The fourth-order valence-electron chi connectivity index (χ4n) is 6.08. The number of likely N-dealkylation sites (tertiary alicyclic amines) is 1. The highest BCUT2D eigenvalue weighted by atomic mass is 19.1. The van der Waals surface area contributed by atoms with E-state index in [-0.39, 0.29) is 29.6 Å². The van der Waals surface area contributed by atoms with Crippen LogP contribution < -0.4 is 0 Å². The number of nitrogens with zero attached hydrogens (tertiary/aromatic N) is 2. The van der Waals surface area contributed by atoms with Crippen molar-refractivity contribution in [2.75, 3.05) is 32.9 Å². The highest BCUT2D eigenvalue weighted by Crippen LogP contribution is 2.44. The lowest BCUT2D eigenvalue weighted by Crippen LogP contribution is -2.49. The number of aliphatic hydroxyl groups is 1. The maximum Gasteiger partial charge on any atom is 0.131 e. The fraction of sp³-hybridized carbons (Fsp3) is 0.517. The molecule has 0 aliphatic carbocycles. The number of nitrogens with one attached hydrogen (secondary N) is 1. The number of para-hydroxylation sites is 1. The summed E-state index contributed by atoms with van der Waals surface area (Å²) in [4.78, 5) is 7.23. The number of benzene rings is 2. The van der Waals surface area contributed by atoms with Gasteiger partial charge in [0.25, 0.3) is 0 Å². The number of halogens is 4. The Bertz CT molecular complexity index is 1240. The number of hydrogen-bond acceptors (Lipinski definition) is 3. The Hall–Kier alpha value is -2.42. The molecule has 3 heterocycles. The predicted octanol–water partition coefficient (Wildman–Crippen LogP) is 5.86. The highest BCUT2D eigenvalue weighted by Gasteiger charge is 2.41. The van der Waals surface area contributed by atoms with Gasteiger partial charge in [0.2, 0.25) is 0 Å². The summed E-state index contributed by atoms with van der Waals surface area (Å²) in [6, 6.07) is 9.20. The second-order valence-corrected chi connectivity index (χ2v) is 11.3. The van der Waals surface area contributed by atoms with Gasteiger partial charge in [-0.25, -0.2) is 13.2 Å². The van der Waals surface area contributed by atoms with E-state index in [2.05, 4.69) is 4.98 Å². The van der Waals surface area contributed by atoms with Crippen LogP contribution in [0.5, 0.6) is 0 Å². The van der Waals surface area contributed by atoms with Gasteiger partial charge in [0.15, 0.2) is 0 Å². The van der Waals surface area contributed by atoms with E-state index in [4.69, 9.17) is 0 Å². The number of hydrogen-bond donors (Lipinski definition) is 2. The summed E-state index contributed by atoms with van der Waals surface area (Å²) in [6.07, 6.45) is 0.0455. The lowest BCUT2D eigenvalue weighted by Gasteiger charge is -2.43. The molecule has 3 atom stereocenters. The molecule has 2 unspecified atom stereocenters. The van der Waals surface area contributed by atoms with Gasteiger partial charge in [0.1, 0.15) is 17.3 Å². The first-order valence-electron chi connectivity index (χ1n) is 13.1. The van der Waals surface area contributed by atoms with E-state index in [1.807, 2.05) is 41.0 Å². The third-order valence-electron chi connectivity index (χ3n) is 7.83. The van der Waals surface area contributed by atoms with Gasteiger partial charge in [-0.3, -0.25) is 9.29 Å². The normalized spacial score (nSPS) is 22.3. The van der Waals surface area contributed by atoms with Crippen LogP contribution in [0.15, 0.2) is 36.4 Å². The van der Waals surface area contributed by atoms with Gasteiger partial charge in [-0.05, 0) is 62.9 Å². The second kappa shape index (κ2) is 10.0. The van der Waals surface area contributed by atoms with E-state index in [0.717, 1.165) is 16.5 Å². The van der Waals surface area contributed by atoms with Gasteiger partial charge in [0, 0.05) is 60.3 Å². The molecule has 2 aliphatic heterocycles. The molecule has 2 aromatic carbocycles. The lowest BCUT2D eigenvalue weighted by atomic mass is 9.85. The molecular formula is C29H35F4N3O. The summed E-state index contributed by atoms with van der Waals surface area (Å²) in [5.41, 5.74) is 1.02. The molecule has 0 saturated carbocycles. The standard InChI is InChI=1S/C29H35F4N3O/c1-17-11-21-20-7-4-5-8-24(20)34-26(21)27(36(17)16-29(2,3)33)25-22(31)12-18(13-23(25)32)28(37)19-14-35(15-19)10-6-9-30/h4-5,7-8,12-13,17,19,27-28,34,37H,6,9-11,14-16H2,1-3H3/t17-,27?,28?/m1/s1. The molecule has 2 N–H and O–H groups in total. The first-order valence-corrected chi connectivity index (χ1v) is 13.1. The summed E-state index contributed by atoms with van der Waals surface area (Å²) in [7, 11) is 0. The van der Waals surface area contributed by atoms with E-state index in [0.29, 0.717) is 38.2 Å². The van der Waals surface area contributed by atoms with Crippen molar-refractivity contribution in [2.24, 2.45) is 5.92 Å². The Kier molecular flexibility index (Phi) is 7.11. The van der Waals surface area contributed by atoms with Gasteiger partial charge in [-0.2, -0.15) is 0 Å². The lowest BCUT2D eigenvalue weighted by molar-refractivity contribution is -0.00641. The van der Waals surface area contributed by atoms with Crippen LogP contribution in [0.2, 0.25) is 0 Å². The van der Waals surface area contributed by atoms with Gasteiger partial charge < -0.3 is 15.0 Å². The predicted molar refractivity (Wildman–Crippen MR) is 137 cm³/mol. The average molecular weight is 518 g/mol. The van der Waals surface area contributed by atoms with Crippen molar-refractivity contribution >= 4 is 10.9 Å². The van der Waals surface area contributed by atoms with Gasteiger partial charge in [-0.1, -0.05) is 18.2 Å². The summed E-state index contributed by atoms with van der Waals surface area (Å²) < 4.78 is 59.0. The third-order valence-corrected chi connectivity index (χ3v) is 7.83. The molecule has 1 fully saturated rings. The summed E-state index contributed by atoms with van der Waals surface area (Å²) in [6.45, 7) is 6.24. The van der Waals surface area contributed by atoms with E-state index in [1.165, 1.54) is 26.0 Å². The molecule has 5 rings (SSSR count). The van der Waals surface area contributed by atoms with Gasteiger partial charge in [0.05, 0.1) is 18.8 Å². The second-order valence-electron chi connectivity index (χ2n) is 11.3. The maximum absolute atomic E-state index is 15.8. The molecule has 4 nitrogen and oxygen atoms in total. The number of rotatable bonds is 8. The van der Waals surface area contributed by atoms with Crippen LogP contribution in [0.3, 0.4) is 0 Å². The van der Waals surface area contributed by atoms with Gasteiger partial charge >= 0.3 is 0 Å². The number of aromatic nitrogens is 1. The molecule has 3 aromatic rings. The Morgan fingerprint density at radius 2 is 1.81 bits per heavy atom. The fourth-order valence-corrected chi connectivity index (χ4v) is 6.08. The zero-order chi connectivity index (χ0) is 26.5. The van der Waals surface area contributed by atoms with E-state index in [1.54, 1.807) is 0 Å². The summed E-state index contributed by atoms with van der Waals surface area (Å²) in [5, 5.41) is 11.8. The number of alkyl halides is 2. The number of aliphatic hydroxyl groups excluding tert-OH is 1. The maximum atomic E-state index is 15.8. The molecule has 0 bridgehead atoms. The average Bonchev–Trinajstić information content (AvgIpc) is 3.16. The molecule has 0 amide bonds. The van der Waals surface area contributed by atoms with E-state index < -0.39 is 36.1 Å². The molecule has 2 aliphatic rings. The first-order chi connectivity index (χ1) is 17.6.